The van der Waals surface area contributed by atoms with Gasteiger partial charge < -0.3 is 4.90 Å². The van der Waals surface area contributed by atoms with Crippen LogP contribution in [0.4, 0.5) is 23.4 Å². The second-order valence-corrected chi connectivity index (χ2v) is 41.2. The smallest absolute Gasteiger partial charge is 0.356 e. The van der Waals surface area contributed by atoms with E-state index < -0.39 is 18.2 Å². The fourth-order valence-corrected chi connectivity index (χ4v) is 17.0. The molecule has 138 heavy (non-hydrogen) atoms. The van der Waals surface area contributed by atoms with E-state index in [1.54, 1.807) is 37.2 Å². The van der Waals surface area contributed by atoms with Crippen LogP contribution < -0.4 is 4.90 Å². The van der Waals surface area contributed by atoms with E-state index in [1.165, 1.54) is 121 Å². The number of aryl methyl sites for hydroxylation is 7. The summed E-state index contributed by atoms with van der Waals surface area (Å²) in [7, 11) is 0. The molecular formula is C107H147F4N27. The summed E-state index contributed by atoms with van der Waals surface area (Å²) in [5.41, 5.74) is 26.2. The van der Waals surface area contributed by atoms with Gasteiger partial charge in [0.25, 0.3) is 0 Å². The fourth-order valence-electron chi connectivity index (χ4n) is 17.0. The highest BCUT2D eigenvalue weighted by Gasteiger charge is 2.37. The van der Waals surface area contributed by atoms with Gasteiger partial charge in [0.15, 0.2) is 33.9 Å². The number of rotatable bonds is 17. The molecule has 21 rings (SSSR count). The molecule has 3 saturated carbocycles. The van der Waals surface area contributed by atoms with Gasteiger partial charge in [-0.05, 0) is 234 Å². The highest BCUT2D eigenvalue weighted by Crippen LogP contribution is 2.43. The molecule has 0 bridgehead atoms. The first kappa shape index (κ1) is 104. The summed E-state index contributed by atoms with van der Waals surface area (Å²) in [4.78, 5) is 59.6. The van der Waals surface area contributed by atoms with Gasteiger partial charge in [0, 0.05) is 184 Å². The maximum absolute atomic E-state index is 13.1. The molecule has 15 aromatic rings. The third kappa shape index (κ3) is 26.9. The minimum Gasteiger partial charge on any atom is -0.356 e. The summed E-state index contributed by atoms with van der Waals surface area (Å²) in [6.07, 6.45) is 16.3. The molecule has 18 heterocycles. The lowest BCUT2D eigenvalue weighted by atomic mass is 10.0. The largest absolute Gasteiger partial charge is 0.451 e. The predicted octanol–water partition coefficient (Wildman–Crippen LogP) is 23.9. The van der Waals surface area contributed by atoms with Crippen LogP contribution in [0.1, 0.15) is 399 Å². The van der Waals surface area contributed by atoms with Crippen molar-refractivity contribution in [3.8, 4) is 0 Å². The van der Waals surface area contributed by atoms with E-state index >= 15 is 0 Å². The normalized spacial score (nSPS) is 16.0. The fraction of sp³-hybridized carbons (Fsp3) is 0.551. The standard InChI is InChI=1S/C16H25N3.C14H21N3.C13H17F4N3.C12H15N3.3C11H15N3.C10H13N3.C9H11N3/c1-11(2)14-10-15(12(3)19-8-4-5-9-19)18-16(17-14)13-6-7-13;1-9(2)12-6-13(17-7-10(3)8-17)16-14(15-12)11-4-5-11;1-8(2)11-5-10(7-20-4-3-9(14)6-20)18-12(19-11)13(15,16)17;1-8(2)11-7-10(9-3-4-9)14-12-5-6-13-15(11)12;2*1-7(2)10-5-9(4)13-11-8(3)6-12-14(10)11;1-7(2)10-5-8(3)12-11-6-9(4)13-14(10)11;1-7(2)9-6-8(3)12-10-4-5-11-13(9)10;1-7(2)8-3-5-10-9-4-6-11-12(8)9/h10-13H,4-9H2,1-3H3;6,9-11H,4-5,7-8H2,1-3H3;5,8-9H,3-4,6-7H2,1-2H3;5-9H,3-4H2,1-2H3;3*5-7H,1-4H3;4-7H,1-3H3;3-7H,1-2H3. The number of hydrogen-bond donors (Lipinski definition) is 0. The van der Waals surface area contributed by atoms with Gasteiger partial charge in [-0.15, -0.1) is 0 Å². The van der Waals surface area contributed by atoms with E-state index in [-0.39, 0.29) is 19.0 Å². The number of likely N-dealkylation sites (tertiary alicyclic amines) is 2. The third-order valence-corrected chi connectivity index (χ3v) is 25.4. The Balaban J connectivity index is 0.000000132. The number of hydrogen-bond acceptors (Lipinski definition) is 21. The van der Waals surface area contributed by atoms with Crippen LogP contribution in [0, 0.1) is 54.4 Å². The Labute approximate surface area is 812 Å². The maximum atomic E-state index is 13.1. The summed E-state index contributed by atoms with van der Waals surface area (Å²) in [5, 5.41) is 25.8. The minimum absolute atomic E-state index is 0.120. The van der Waals surface area contributed by atoms with Crippen LogP contribution in [0.25, 0.3) is 33.9 Å². The van der Waals surface area contributed by atoms with Crippen molar-refractivity contribution in [2.45, 2.75) is 341 Å². The Morgan fingerprint density at radius 1 is 0.362 bits per heavy atom. The molecule has 0 aromatic carbocycles. The average Bonchev–Trinajstić information content (AvgIpc) is 1.66. The number of fused-ring (bicyclic) bond motifs is 6. The van der Waals surface area contributed by atoms with Crippen LogP contribution in [0.5, 0.6) is 0 Å². The molecule has 3 aliphatic carbocycles. The van der Waals surface area contributed by atoms with Crippen molar-refractivity contribution in [3.05, 3.63) is 241 Å². The van der Waals surface area contributed by atoms with Crippen molar-refractivity contribution in [2.75, 3.05) is 44.2 Å². The zero-order valence-electron chi connectivity index (χ0n) is 86.5. The summed E-state index contributed by atoms with van der Waals surface area (Å²) in [5.74, 6) is 8.77. The molecule has 6 aliphatic rings. The van der Waals surface area contributed by atoms with Gasteiger partial charge in [-0.1, -0.05) is 132 Å². The molecule has 0 radical (unpaired) electrons. The molecule has 27 nitrogen and oxygen atoms in total. The lowest BCUT2D eigenvalue weighted by molar-refractivity contribution is -0.145. The highest BCUT2D eigenvalue weighted by atomic mass is 19.4. The van der Waals surface area contributed by atoms with Gasteiger partial charge in [-0.25, -0.2) is 91.3 Å². The lowest BCUT2D eigenvalue weighted by Gasteiger charge is -2.38. The van der Waals surface area contributed by atoms with Crippen molar-refractivity contribution in [2.24, 2.45) is 5.92 Å². The number of anilines is 1. The van der Waals surface area contributed by atoms with Crippen LogP contribution >= 0.6 is 0 Å². The van der Waals surface area contributed by atoms with Crippen molar-refractivity contribution in [3.63, 3.8) is 0 Å². The zero-order chi connectivity index (χ0) is 99.6. The SMILES string of the molecule is CC(C)c1cc(C(C)N2CCCC2)nc(C2CC2)n1.CC(C)c1cc(C2CC2)nc2ccnn12.CC(C)c1cc(CN2CCC(F)C2)nc(C(F)(F)F)n1.CC(C)c1ccnc2ccnn12.CC1CN(c2cc(C(C)C)nc(C3CC3)n2)C1.Cc1cc(C(C)C)n2nc(C)cc2n1.Cc1cc(C(C)C)n2ncc(C)c2n1.Cc1cc(C(C)C)n2ncc(C)c2n1.Cc1cc(C(C)C)n2nccc2n1. The first-order valence-corrected chi connectivity index (χ1v) is 50.0. The third-order valence-electron chi connectivity index (χ3n) is 25.4. The van der Waals surface area contributed by atoms with Crippen molar-refractivity contribution in [1.29, 1.82) is 0 Å². The molecule has 0 N–H and O–H groups in total. The number of alkyl halides is 4. The zero-order valence-corrected chi connectivity index (χ0v) is 86.5. The Bertz CT molecular complexity index is 6380. The molecule has 31 heteroatoms. The topological polar surface area (TPSA) is 268 Å². The van der Waals surface area contributed by atoms with E-state index in [0.717, 1.165) is 110 Å². The van der Waals surface area contributed by atoms with Gasteiger partial charge >= 0.3 is 6.18 Å². The molecule has 2 atom stereocenters. The molecule has 2 unspecified atom stereocenters. The number of halogens is 4. The molecule has 0 amide bonds. The summed E-state index contributed by atoms with van der Waals surface area (Å²) < 4.78 is 63.0. The quantitative estimate of drug-likeness (QED) is 0.0766. The molecule has 6 fully saturated rings. The van der Waals surface area contributed by atoms with Crippen LogP contribution in [-0.4, -0.2) is 173 Å². The van der Waals surface area contributed by atoms with Crippen molar-refractivity contribution >= 4 is 39.7 Å². The summed E-state index contributed by atoms with van der Waals surface area (Å²) in [6.45, 7) is 63.0. The van der Waals surface area contributed by atoms with Gasteiger partial charge in [0.1, 0.15) is 23.6 Å². The summed E-state index contributed by atoms with van der Waals surface area (Å²) in [6, 6.07) is 26.9. The Morgan fingerprint density at radius 2 is 0.797 bits per heavy atom. The highest BCUT2D eigenvalue weighted by molar-refractivity contribution is 5.50. The first-order chi connectivity index (χ1) is 65.5. The first-order valence-electron chi connectivity index (χ1n) is 50.0. The number of aromatic nitrogens is 24. The Kier molecular flexibility index (Phi) is 34.3. The van der Waals surface area contributed by atoms with Crippen molar-refractivity contribution in [1.82, 2.24) is 127 Å². The van der Waals surface area contributed by atoms with Crippen LogP contribution in [0.2, 0.25) is 0 Å². The molecule has 738 valence electrons. The van der Waals surface area contributed by atoms with E-state index in [1.807, 2.05) is 131 Å². The van der Waals surface area contributed by atoms with Gasteiger partial charge in [-0.2, -0.15) is 43.8 Å². The van der Waals surface area contributed by atoms with Crippen LogP contribution in [0.15, 0.2) is 116 Å². The molecule has 3 aliphatic heterocycles. The van der Waals surface area contributed by atoms with Gasteiger partial charge in [0.05, 0.1) is 48.1 Å². The van der Waals surface area contributed by atoms with E-state index in [9.17, 15) is 17.6 Å². The maximum Gasteiger partial charge on any atom is 0.451 e. The average molecular weight is 1890 g/mol. The monoisotopic (exact) mass is 1890 g/mol. The van der Waals surface area contributed by atoms with Gasteiger partial charge in [-0.3, -0.25) is 9.80 Å². The molecule has 15 aromatic heterocycles. The second-order valence-electron chi connectivity index (χ2n) is 41.2. The van der Waals surface area contributed by atoms with Crippen molar-refractivity contribution < 1.29 is 17.6 Å². The van der Waals surface area contributed by atoms with Crippen LogP contribution in [0.3, 0.4) is 0 Å². The Morgan fingerprint density at radius 3 is 1.27 bits per heavy atom. The van der Waals surface area contributed by atoms with Gasteiger partial charge in [0.2, 0.25) is 5.82 Å². The summed E-state index contributed by atoms with van der Waals surface area (Å²) >= 11 is 0. The van der Waals surface area contributed by atoms with Crippen LogP contribution in [-0.2, 0) is 12.7 Å². The lowest BCUT2D eigenvalue weighted by Crippen LogP contribution is -2.45. The predicted molar refractivity (Wildman–Crippen MR) is 540 cm³/mol. The second kappa shape index (κ2) is 45.6. The molecule has 0 spiro atoms. The number of nitrogens with zero attached hydrogens (tertiary/aromatic N) is 27. The molecular weight excluding hydrogens is 1740 g/mol. The molecule has 3 saturated heterocycles. The van der Waals surface area contributed by atoms with E-state index in [4.69, 9.17) is 19.9 Å². The minimum atomic E-state index is -4.56. The van der Waals surface area contributed by atoms with E-state index in [0.29, 0.717) is 95.5 Å². The Hall–Kier alpha value is -11.6. The van der Waals surface area contributed by atoms with E-state index in [2.05, 4.69) is 247 Å².